The smallest absolute Gasteiger partial charge is 0.325 e. The number of ketones is 1. The Morgan fingerprint density at radius 1 is 1.41 bits per heavy atom. The SMILES string of the molecule is COc1cc(C(C)=O)c([N+](=O)[O-])c(OC)c1O. The van der Waals surface area contributed by atoms with Gasteiger partial charge in [0.1, 0.15) is 5.56 Å². The molecule has 0 unspecified atom stereocenters. The van der Waals surface area contributed by atoms with Crippen molar-refractivity contribution in [2.75, 3.05) is 14.2 Å². The van der Waals surface area contributed by atoms with Crippen molar-refractivity contribution in [2.24, 2.45) is 0 Å². The first-order valence-electron chi connectivity index (χ1n) is 4.57. The zero-order valence-corrected chi connectivity index (χ0v) is 9.51. The minimum atomic E-state index is -0.783. The number of carbonyl (C=O) groups excluding carboxylic acids is 1. The van der Waals surface area contributed by atoms with Crippen LogP contribution in [0.3, 0.4) is 0 Å². The van der Waals surface area contributed by atoms with Crippen molar-refractivity contribution in [2.45, 2.75) is 6.92 Å². The minimum Gasteiger partial charge on any atom is -0.502 e. The molecule has 0 aliphatic heterocycles. The highest BCUT2D eigenvalue weighted by Crippen LogP contribution is 2.45. The number of hydrogen-bond donors (Lipinski definition) is 1. The van der Waals surface area contributed by atoms with Gasteiger partial charge in [-0.1, -0.05) is 0 Å². The summed E-state index contributed by atoms with van der Waals surface area (Å²) in [6.07, 6.45) is 0. The number of carbonyl (C=O) groups is 1. The first-order valence-corrected chi connectivity index (χ1v) is 4.57. The molecule has 0 bridgehead atoms. The Labute approximate surface area is 96.7 Å². The van der Waals surface area contributed by atoms with Gasteiger partial charge in [-0.2, -0.15) is 0 Å². The summed E-state index contributed by atoms with van der Waals surface area (Å²) in [6.45, 7) is 1.18. The fraction of sp³-hybridized carbons (Fsp3) is 0.300. The van der Waals surface area contributed by atoms with Gasteiger partial charge in [-0.25, -0.2) is 0 Å². The van der Waals surface area contributed by atoms with Crippen LogP contribution in [0, 0.1) is 10.1 Å². The number of rotatable bonds is 4. The summed E-state index contributed by atoms with van der Waals surface area (Å²) >= 11 is 0. The van der Waals surface area contributed by atoms with E-state index in [-0.39, 0.29) is 17.1 Å². The molecule has 92 valence electrons. The van der Waals surface area contributed by atoms with E-state index in [4.69, 9.17) is 9.47 Å². The number of phenols is 1. The molecule has 0 atom stereocenters. The molecule has 0 saturated heterocycles. The number of phenolic OH excluding ortho intramolecular Hbond substituents is 1. The molecule has 0 heterocycles. The summed E-state index contributed by atoms with van der Waals surface area (Å²) in [5, 5.41) is 20.5. The lowest BCUT2D eigenvalue weighted by Crippen LogP contribution is -2.04. The first kappa shape index (κ1) is 12.8. The van der Waals surface area contributed by atoms with Crippen LogP contribution in [0.2, 0.25) is 0 Å². The van der Waals surface area contributed by atoms with Gasteiger partial charge >= 0.3 is 5.69 Å². The van der Waals surface area contributed by atoms with Crippen LogP contribution >= 0.6 is 0 Å². The average molecular weight is 241 g/mol. The largest absolute Gasteiger partial charge is 0.502 e. The molecule has 0 aliphatic rings. The van der Waals surface area contributed by atoms with Crippen LogP contribution in [0.25, 0.3) is 0 Å². The number of hydrogen-bond acceptors (Lipinski definition) is 6. The van der Waals surface area contributed by atoms with Crippen LogP contribution in [-0.2, 0) is 0 Å². The predicted octanol–water partition coefficient (Wildman–Crippen LogP) is 1.52. The van der Waals surface area contributed by atoms with Crippen molar-refractivity contribution in [3.05, 3.63) is 21.7 Å². The van der Waals surface area contributed by atoms with E-state index >= 15 is 0 Å². The van der Waals surface area contributed by atoms with Gasteiger partial charge in [-0.05, 0) is 6.92 Å². The zero-order chi connectivity index (χ0) is 13.2. The van der Waals surface area contributed by atoms with Crippen LogP contribution in [-0.4, -0.2) is 30.0 Å². The Kier molecular flexibility index (Phi) is 3.52. The molecular formula is C10H11NO6. The summed E-state index contributed by atoms with van der Waals surface area (Å²) in [5.74, 6) is -1.47. The van der Waals surface area contributed by atoms with E-state index in [1.54, 1.807) is 0 Å². The maximum absolute atomic E-state index is 11.3. The Balaban J connectivity index is 3.70. The summed E-state index contributed by atoms with van der Waals surface area (Å²) in [5.41, 5.74) is -0.750. The molecule has 0 fully saturated rings. The number of aromatic hydroxyl groups is 1. The lowest BCUT2D eigenvalue weighted by Gasteiger charge is -2.10. The molecule has 0 radical (unpaired) electrons. The molecule has 17 heavy (non-hydrogen) atoms. The molecule has 0 aliphatic carbocycles. The van der Waals surface area contributed by atoms with E-state index in [9.17, 15) is 20.0 Å². The molecular weight excluding hydrogens is 230 g/mol. The number of nitrogens with zero attached hydrogens (tertiary/aromatic N) is 1. The normalized spacial score (nSPS) is 9.82. The molecule has 7 nitrogen and oxygen atoms in total. The number of nitro benzene ring substituents is 1. The van der Waals surface area contributed by atoms with E-state index in [0.29, 0.717) is 0 Å². The van der Waals surface area contributed by atoms with Crippen molar-refractivity contribution >= 4 is 11.5 Å². The summed E-state index contributed by atoms with van der Waals surface area (Å²) in [6, 6.07) is 1.11. The van der Waals surface area contributed by atoms with Gasteiger partial charge in [0.15, 0.2) is 11.5 Å². The number of ether oxygens (including phenoxy) is 2. The third-order valence-corrected chi connectivity index (χ3v) is 2.18. The number of Topliss-reactive ketones (excluding diaryl/α,β-unsaturated/α-hetero) is 1. The van der Waals surface area contributed by atoms with E-state index in [2.05, 4.69) is 0 Å². The third kappa shape index (κ3) is 2.12. The lowest BCUT2D eigenvalue weighted by molar-refractivity contribution is -0.386. The number of methoxy groups -OCH3 is 2. The van der Waals surface area contributed by atoms with E-state index in [1.165, 1.54) is 14.0 Å². The Morgan fingerprint density at radius 3 is 2.35 bits per heavy atom. The number of nitro groups is 1. The zero-order valence-electron chi connectivity index (χ0n) is 9.51. The van der Waals surface area contributed by atoms with Gasteiger partial charge in [0.25, 0.3) is 0 Å². The monoisotopic (exact) mass is 241 g/mol. The highest BCUT2D eigenvalue weighted by Gasteiger charge is 2.29. The second-order valence-electron chi connectivity index (χ2n) is 3.17. The molecule has 1 aromatic carbocycles. The van der Waals surface area contributed by atoms with Crippen LogP contribution < -0.4 is 9.47 Å². The maximum atomic E-state index is 11.3. The Bertz CT molecular complexity index is 482. The van der Waals surface area contributed by atoms with Crippen molar-refractivity contribution in [1.82, 2.24) is 0 Å². The molecule has 0 amide bonds. The van der Waals surface area contributed by atoms with E-state index < -0.39 is 22.1 Å². The van der Waals surface area contributed by atoms with Gasteiger partial charge in [0.05, 0.1) is 19.1 Å². The molecule has 0 spiro atoms. The quantitative estimate of drug-likeness (QED) is 0.487. The second-order valence-corrected chi connectivity index (χ2v) is 3.17. The molecule has 1 N–H and O–H groups in total. The Hall–Kier alpha value is -2.31. The van der Waals surface area contributed by atoms with Crippen molar-refractivity contribution < 1.29 is 24.3 Å². The predicted molar refractivity (Wildman–Crippen MR) is 57.9 cm³/mol. The standard InChI is InChI=1S/C10H11NO6/c1-5(12)6-4-7(16-2)9(13)10(17-3)8(6)11(14)15/h4,13H,1-3H3. The van der Waals surface area contributed by atoms with Gasteiger partial charge < -0.3 is 14.6 Å². The summed E-state index contributed by atoms with van der Waals surface area (Å²) in [7, 11) is 2.43. The topological polar surface area (TPSA) is 98.9 Å². The molecule has 7 heteroatoms. The minimum absolute atomic E-state index is 0.0577. The highest BCUT2D eigenvalue weighted by molar-refractivity contribution is 6.00. The summed E-state index contributed by atoms with van der Waals surface area (Å²) < 4.78 is 9.56. The maximum Gasteiger partial charge on any atom is 0.325 e. The van der Waals surface area contributed by atoms with Crippen LogP contribution in [0.1, 0.15) is 17.3 Å². The van der Waals surface area contributed by atoms with Crippen LogP contribution in [0.4, 0.5) is 5.69 Å². The van der Waals surface area contributed by atoms with E-state index in [1.807, 2.05) is 0 Å². The molecule has 0 saturated carbocycles. The highest BCUT2D eigenvalue weighted by atomic mass is 16.6. The van der Waals surface area contributed by atoms with Crippen molar-refractivity contribution in [3.63, 3.8) is 0 Å². The summed E-state index contributed by atoms with van der Waals surface area (Å²) in [4.78, 5) is 21.4. The van der Waals surface area contributed by atoms with Gasteiger partial charge in [-0.15, -0.1) is 0 Å². The first-order chi connectivity index (χ1) is 7.93. The van der Waals surface area contributed by atoms with Crippen molar-refractivity contribution in [1.29, 1.82) is 0 Å². The van der Waals surface area contributed by atoms with Crippen LogP contribution in [0.15, 0.2) is 6.07 Å². The fourth-order valence-corrected chi connectivity index (χ4v) is 1.41. The van der Waals surface area contributed by atoms with Crippen molar-refractivity contribution in [3.8, 4) is 17.2 Å². The Morgan fingerprint density at radius 2 is 2.00 bits per heavy atom. The number of benzene rings is 1. The third-order valence-electron chi connectivity index (χ3n) is 2.18. The van der Waals surface area contributed by atoms with Crippen LogP contribution in [0.5, 0.6) is 17.2 Å². The average Bonchev–Trinajstić information content (AvgIpc) is 2.27. The van der Waals surface area contributed by atoms with Gasteiger partial charge in [-0.3, -0.25) is 14.9 Å². The molecule has 0 aromatic heterocycles. The van der Waals surface area contributed by atoms with E-state index in [0.717, 1.165) is 13.2 Å². The molecule has 1 rings (SSSR count). The lowest BCUT2D eigenvalue weighted by atomic mass is 10.1. The fourth-order valence-electron chi connectivity index (χ4n) is 1.41. The van der Waals surface area contributed by atoms with Gasteiger partial charge in [0.2, 0.25) is 11.5 Å². The second kappa shape index (κ2) is 4.69. The molecule has 1 aromatic rings. The van der Waals surface area contributed by atoms with Gasteiger partial charge in [0, 0.05) is 6.07 Å².